The van der Waals surface area contributed by atoms with Gasteiger partial charge in [0.1, 0.15) is 0 Å². The van der Waals surface area contributed by atoms with Crippen molar-refractivity contribution in [1.29, 1.82) is 0 Å². The molecule has 0 amide bonds. The summed E-state index contributed by atoms with van der Waals surface area (Å²) in [5, 5.41) is 0. The van der Waals surface area contributed by atoms with Crippen LogP contribution in [0.3, 0.4) is 0 Å². The molecule has 0 aromatic heterocycles. The van der Waals surface area contributed by atoms with Crippen molar-refractivity contribution in [1.82, 2.24) is 0 Å². The van der Waals surface area contributed by atoms with Crippen LogP contribution in [0.4, 0.5) is 5.69 Å². The first-order chi connectivity index (χ1) is 7.59. The van der Waals surface area contributed by atoms with Gasteiger partial charge in [-0.3, -0.25) is 0 Å². The Morgan fingerprint density at radius 2 is 2.12 bits per heavy atom. The minimum atomic E-state index is 0.0966. The van der Waals surface area contributed by atoms with E-state index in [1.165, 1.54) is 30.5 Å². The number of benzene rings is 1. The fourth-order valence-corrected chi connectivity index (χ4v) is 2.74. The van der Waals surface area contributed by atoms with E-state index in [4.69, 9.17) is 5.73 Å². The second-order valence-electron chi connectivity index (χ2n) is 4.70. The van der Waals surface area contributed by atoms with Gasteiger partial charge in [0.05, 0.1) is 5.69 Å². The monoisotopic (exact) mass is 282 g/mol. The van der Waals surface area contributed by atoms with Crippen molar-refractivity contribution in [3.8, 4) is 0 Å². The molecule has 0 aliphatic heterocycles. The van der Waals surface area contributed by atoms with E-state index in [1.54, 1.807) is 0 Å². The van der Waals surface area contributed by atoms with Crippen LogP contribution >= 0.6 is 15.9 Å². The summed E-state index contributed by atoms with van der Waals surface area (Å²) < 4.78 is 1.15. The smallest absolute Gasteiger partial charge is 0.0510 e. The third kappa shape index (κ3) is 2.25. The highest BCUT2D eigenvalue weighted by atomic mass is 79.9. The maximum absolute atomic E-state index is 5.87. The zero-order valence-corrected chi connectivity index (χ0v) is 11.5. The van der Waals surface area contributed by atoms with Gasteiger partial charge in [0.25, 0.3) is 0 Å². The molecule has 0 saturated heterocycles. The summed E-state index contributed by atoms with van der Waals surface area (Å²) in [4.78, 5) is 2.37. The molecule has 1 saturated carbocycles. The van der Waals surface area contributed by atoms with Gasteiger partial charge in [0.15, 0.2) is 0 Å². The molecule has 2 nitrogen and oxygen atoms in total. The van der Waals surface area contributed by atoms with E-state index in [2.05, 4.69) is 46.1 Å². The van der Waals surface area contributed by atoms with Crippen LogP contribution in [-0.2, 0) is 0 Å². The van der Waals surface area contributed by atoms with Crippen LogP contribution in [0, 0.1) is 0 Å². The van der Waals surface area contributed by atoms with E-state index in [0.29, 0.717) is 0 Å². The minimum absolute atomic E-state index is 0.0966. The van der Waals surface area contributed by atoms with Crippen LogP contribution in [0.15, 0.2) is 22.7 Å². The minimum Gasteiger partial charge on any atom is -0.371 e. The molecular formula is C13H19BrN2. The summed E-state index contributed by atoms with van der Waals surface area (Å²) in [6.07, 6.45) is 4.00. The Bertz CT molecular complexity index is 372. The Hall–Kier alpha value is -0.540. The Labute approximate surface area is 106 Å². The predicted octanol–water partition coefficient (Wildman–Crippen LogP) is 3.46. The van der Waals surface area contributed by atoms with Crippen LogP contribution in [0.1, 0.15) is 37.8 Å². The third-order valence-corrected chi connectivity index (χ3v) is 4.14. The van der Waals surface area contributed by atoms with Crippen LogP contribution < -0.4 is 10.6 Å². The van der Waals surface area contributed by atoms with E-state index < -0.39 is 0 Å². The lowest BCUT2D eigenvalue weighted by molar-refractivity contribution is 0.401. The van der Waals surface area contributed by atoms with Gasteiger partial charge < -0.3 is 10.6 Å². The van der Waals surface area contributed by atoms with E-state index in [0.717, 1.165) is 10.5 Å². The van der Waals surface area contributed by atoms with Crippen LogP contribution in [-0.4, -0.2) is 13.1 Å². The van der Waals surface area contributed by atoms with E-state index in [-0.39, 0.29) is 6.04 Å². The van der Waals surface area contributed by atoms with Gasteiger partial charge in [-0.05, 0) is 59.8 Å². The molecule has 1 aromatic carbocycles. The highest BCUT2D eigenvalue weighted by Crippen LogP contribution is 2.34. The summed E-state index contributed by atoms with van der Waals surface area (Å²) in [7, 11) is 2.18. The molecule has 2 rings (SSSR count). The number of halogens is 1. The second-order valence-corrected chi connectivity index (χ2v) is 5.55. The van der Waals surface area contributed by atoms with E-state index in [1.807, 2.05) is 6.92 Å². The quantitative estimate of drug-likeness (QED) is 0.920. The Morgan fingerprint density at radius 3 is 2.56 bits per heavy atom. The molecule has 0 spiro atoms. The van der Waals surface area contributed by atoms with Crippen molar-refractivity contribution < 1.29 is 0 Å². The molecular weight excluding hydrogens is 264 g/mol. The maximum Gasteiger partial charge on any atom is 0.0510 e. The first-order valence-corrected chi connectivity index (χ1v) is 6.66. The Balaban J connectivity index is 2.21. The lowest BCUT2D eigenvalue weighted by Crippen LogP contribution is -2.37. The van der Waals surface area contributed by atoms with Gasteiger partial charge in [-0.25, -0.2) is 0 Å². The summed E-state index contributed by atoms with van der Waals surface area (Å²) >= 11 is 3.64. The highest BCUT2D eigenvalue weighted by molar-refractivity contribution is 9.10. The topological polar surface area (TPSA) is 29.3 Å². The Kier molecular flexibility index (Phi) is 3.55. The van der Waals surface area contributed by atoms with Crippen molar-refractivity contribution in [2.75, 3.05) is 11.9 Å². The van der Waals surface area contributed by atoms with E-state index >= 15 is 0 Å². The van der Waals surface area contributed by atoms with Crippen LogP contribution in [0.2, 0.25) is 0 Å². The van der Waals surface area contributed by atoms with Crippen molar-refractivity contribution in [2.45, 2.75) is 38.3 Å². The molecule has 1 aliphatic carbocycles. The third-order valence-electron chi connectivity index (χ3n) is 3.50. The molecule has 0 radical (unpaired) electrons. The molecule has 1 aliphatic rings. The number of nitrogens with two attached hydrogens (primary N) is 1. The molecule has 1 aromatic rings. The van der Waals surface area contributed by atoms with Gasteiger partial charge in [-0.2, -0.15) is 0 Å². The van der Waals surface area contributed by atoms with Gasteiger partial charge in [0, 0.05) is 23.6 Å². The fourth-order valence-electron chi connectivity index (χ4n) is 2.06. The largest absolute Gasteiger partial charge is 0.371 e. The molecule has 3 heteroatoms. The second kappa shape index (κ2) is 4.76. The summed E-state index contributed by atoms with van der Waals surface area (Å²) in [6.45, 7) is 2.01. The maximum atomic E-state index is 5.87. The average Bonchev–Trinajstić information content (AvgIpc) is 2.14. The average molecular weight is 283 g/mol. The summed E-state index contributed by atoms with van der Waals surface area (Å²) in [6, 6.07) is 7.24. The highest BCUT2D eigenvalue weighted by Gasteiger charge is 2.23. The molecule has 0 heterocycles. The number of hydrogen-bond donors (Lipinski definition) is 1. The van der Waals surface area contributed by atoms with Crippen molar-refractivity contribution in [3.63, 3.8) is 0 Å². The molecule has 1 unspecified atom stereocenters. The van der Waals surface area contributed by atoms with Crippen molar-refractivity contribution in [2.24, 2.45) is 5.73 Å². The number of hydrogen-bond acceptors (Lipinski definition) is 2. The first-order valence-electron chi connectivity index (χ1n) is 5.87. The van der Waals surface area contributed by atoms with Crippen molar-refractivity contribution in [3.05, 3.63) is 28.2 Å². The first kappa shape index (κ1) is 11.9. The zero-order valence-electron chi connectivity index (χ0n) is 9.91. The fraction of sp³-hybridized carbons (Fsp3) is 0.538. The summed E-state index contributed by atoms with van der Waals surface area (Å²) in [5.41, 5.74) is 8.32. The van der Waals surface area contributed by atoms with E-state index in [9.17, 15) is 0 Å². The lowest BCUT2D eigenvalue weighted by atomic mass is 9.91. The molecule has 0 bridgehead atoms. The van der Waals surface area contributed by atoms with Crippen LogP contribution in [0.25, 0.3) is 0 Å². The van der Waals surface area contributed by atoms with Crippen LogP contribution in [0.5, 0.6) is 0 Å². The normalized spacial score (nSPS) is 18.0. The number of anilines is 1. The van der Waals surface area contributed by atoms with Gasteiger partial charge in [-0.15, -0.1) is 0 Å². The number of nitrogens with zero attached hydrogens (tertiary/aromatic N) is 1. The van der Waals surface area contributed by atoms with Gasteiger partial charge in [-0.1, -0.05) is 6.07 Å². The molecule has 1 fully saturated rings. The SMILES string of the molecule is CC(N)c1ccc(N(C)C2CCC2)c(Br)c1. The predicted molar refractivity (Wildman–Crippen MR) is 72.8 cm³/mol. The van der Waals surface area contributed by atoms with Gasteiger partial charge >= 0.3 is 0 Å². The van der Waals surface area contributed by atoms with Gasteiger partial charge in [0.2, 0.25) is 0 Å². The molecule has 16 heavy (non-hydrogen) atoms. The zero-order chi connectivity index (χ0) is 11.7. The van der Waals surface area contributed by atoms with Crippen molar-refractivity contribution >= 4 is 21.6 Å². The summed E-state index contributed by atoms with van der Waals surface area (Å²) in [5.74, 6) is 0. The Morgan fingerprint density at radius 1 is 1.44 bits per heavy atom. The molecule has 1 atom stereocenters. The molecule has 88 valence electrons. The lowest BCUT2D eigenvalue weighted by Gasteiger charge is -2.37. The molecule has 2 N–H and O–H groups in total. The number of rotatable bonds is 3. The standard InChI is InChI=1S/C13H19BrN2/c1-9(15)10-6-7-13(12(14)8-10)16(2)11-4-3-5-11/h6-9,11H,3-5,15H2,1-2H3.